The Morgan fingerprint density at radius 1 is 1.09 bits per heavy atom. The van der Waals surface area contributed by atoms with Gasteiger partial charge in [0, 0.05) is 18.3 Å². The number of H-pyrrole nitrogens is 1. The van der Waals surface area contributed by atoms with E-state index in [0.717, 1.165) is 0 Å². The number of rotatable bonds is 3. The molecule has 1 heterocycles. The van der Waals surface area contributed by atoms with Gasteiger partial charge in [0.05, 0.1) is 0 Å². The van der Waals surface area contributed by atoms with E-state index >= 15 is 0 Å². The number of nitrogens with zero attached hydrogens (tertiary/aromatic N) is 1. The first-order chi connectivity index (χ1) is 11.3. The number of benzene rings is 2. The van der Waals surface area contributed by atoms with Crippen LogP contribution in [0.25, 0.3) is 11.1 Å². The van der Waals surface area contributed by atoms with Crippen molar-refractivity contribution in [1.29, 1.82) is 0 Å². The SMILES string of the molecule is O=C(Nc1ncc[nH]1)OCC1c2ccccc2-c2ccccc21. The van der Waals surface area contributed by atoms with Crippen LogP contribution in [-0.4, -0.2) is 22.7 Å². The van der Waals surface area contributed by atoms with Crippen molar-refractivity contribution in [2.24, 2.45) is 0 Å². The minimum absolute atomic E-state index is 0.0600. The third-order valence-electron chi connectivity index (χ3n) is 4.06. The number of hydrogen-bond donors (Lipinski definition) is 2. The van der Waals surface area contributed by atoms with E-state index in [9.17, 15) is 4.79 Å². The molecule has 0 fully saturated rings. The highest BCUT2D eigenvalue weighted by Gasteiger charge is 2.28. The van der Waals surface area contributed by atoms with E-state index in [1.54, 1.807) is 12.4 Å². The lowest BCUT2D eigenvalue weighted by molar-refractivity contribution is 0.158. The van der Waals surface area contributed by atoms with E-state index in [1.807, 2.05) is 24.3 Å². The standard InChI is InChI=1S/C18H15N3O2/c22-18(21-17-19-9-10-20-17)23-11-16-14-7-3-1-5-12(14)13-6-2-4-8-15(13)16/h1-10,16H,11H2,(H2,19,20,21,22). The lowest BCUT2D eigenvalue weighted by Gasteiger charge is -2.14. The van der Waals surface area contributed by atoms with Gasteiger partial charge in [-0.1, -0.05) is 48.5 Å². The molecule has 2 aromatic carbocycles. The minimum Gasteiger partial charge on any atom is -0.448 e. The van der Waals surface area contributed by atoms with Gasteiger partial charge in [0.2, 0.25) is 5.95 Å². The third-order valence-corrected chi connectivity index (χ3v) is 4.06. The fraction of sp³-hybridized carbons (Fsp3) is 0.111. The summed E-state index contributed by atoms with van der Waals surface area (Å²) in [5.74, 6) is 0.437. The molecule has 5 heteroatoms. The summed E-state index contributed by atoms with van der Waals surface area (Å²) in [4.78, 5) is 18.6. The van der Waals surface area contributed by atoms with Crippen molar-refractivity contribution in [2.45, 2.75) is 5.92 Å². The Morgan fingerprint density at radius 3 is 2.35 bits per heavy atom. The van der Waals surface area contributed by atoms with Crippen molar-refractivity contribution in [3.63, 3.8) is 0 Å². The van der Waals surface area contributed by atoms with Crippen LogP contribution < -0.4 is 5.32 Å². The topological polar surface area (TPSA) is 67.0 Å². The van der Waals surface area contributed by atoms with Crippen molar-refractivity contribution < 1.29 is 9.53 Å². The van der Waals surface area contributed by atoms with Gasteiger partial charge in [0.25, 0.3) is 0 Å². The number of ether oxygens (including phenoxy) is 1. The molecular formula is C18H15N3O2. The van der Waals surface area contributed by atoms with E-state index in [0.29, 0.717) is 12.6 Å². The minimum atomic E-state index is -0.512. The van der Waals surface area contributed by atoms with Crippen molar-refractivity contribution in [3.05, 3.63) is 72.1 Å². The van der Waals surface area contributed by atoms with Gasteiger partial charge in [0.1, 0.15) is 6.61 Å². The van der Waals surface area contributed by atoms with Gasteiger partial charge >= 0.3 is 6.09 Å². The van der Waals surface area contributed by atoms with Gasteiger partial charge in [-0.15, -0.1) is 0 Å². The van der Waals surface area contributed by atoms with Crippen LogP contribution in [0.2, 0.25) is 0 Å². The average molecular weight is 305 g/mol. The number of anilines is 1. The molecule has 1 amide bonds. The molecule has 0 spiro atoms. The van der Waals surface area contributed by atoms with Gasteiger partial charge in [0.15, 0.2) is 0 Å². The first-order valence-electron chi connectivity index (χ1n) is 7.44. The molecule has 0 atom stereocenters. The summed E-state index contributed by atoms with van der Waals surface area (Å²) in [6.45, 7) is 0.292. The Labute approximate surface area is 133 Å². The van der Waals surface area contributed by atoms with Gasteiger partial charge < -0.3 is 9.72 Å². The van der Waals surface area contributed by atoms with Crippen LogP contribution in [0.4, 0.5) is 10.7 Å². The molecule has 1 aromatic heterocycles. The number of aromatic nitrogens is 2. The largest absolute Gasteiger partial charge is 0.448 e. The van der Waals surface area contributed by atoms with Crippen LogP contribution in [-0.2, 0) is 4.74 Å². The number of aromatic amines is 1. The molecule has 0 unspecified atom stereocenters. The first-order valence-corrected chi connectivity index (χ1v) is 7.44. The Bertz CT molecular complexity index is 797. The number of carbonyl (C=O) groups excluding carboxylic acids is 1. The van der Waals surface area contributed by atoms with E-state index in [1.165, 1.54) is 22.3 Å². The fourth-order valence-corrected chi connectivity index (χ4v) is 3.06. The molecule has 4 rings (SSSR count). The zero-order chi connectivity index (χ0) is 15.6. The van der Waals surface area contributed by atoms with Crippen LogP contribution in [0.3, 0.4) is 0 Å². The molecule has 0 radical (unpaired) electrons. The molecule has 0 bridgehead atoms. The number of nitrogens with one attached hydrogen (secondary N) is 2. The van der Waals surface area contributed by atoms with Crippen LogP contribution in [0, 0.1) is 0 Å². The number of carbonyl (C=O) groups is 1. The summed E-state index contributed by atoms with van der Waals surface area (Å²) in [6, 6.07) is 16.5. The zero-order valence-electron chi connectivity index (χ0n) is 12.3. The van der Waals surface area contributed by atoms with Crippen molar-refractivity contribution in [3.8, 4) is 11.1 Å². The van der Waals surface area contributed by atoms with E-state index in [-0.39, 0.29) is 5.92 Å². The highest BCUT2D eigenvalue weighted by Crippen LogP contribution is 2.44. The summed E-state index contributed by atoms with van der Waals surface area (Å²) in [7, 11) is 0. The molecule has 0 saturated carbocycles. The molecule has 1 aliphatic carbocycles. The molecule has 1 aliphatic rings. The van der Waals surface area contributed by atoms with E-state index in [4.69, 9.17) is 4.74 Å². The summed E-state index contributed by atoms with van der Waals surface area (Å²) < 4.78 is 5.40. The summed E-state index contributed by atoms with van der Waals surface area (Å²) in [5.41, 5.74) is 4.81. The van der Waals surface area contributed by atoms with Crippen LogP contribution in [0.1, 0.15) is 17.0 Å². The number of fused-ring (bicyclic) bond motifs is 3. The molecule has 114 valence electrons. The Morgan fingerprint density at radius 2 is 1.74 bits per heavy atom. The third kappa shape index (κ3) is 2.46. The molecule has 0 aliphatic heterocycles. The molecule has 23 heavy (non-hydrogen) atoms. The molecule has 3 aromatic rings. The number of amides is 1. The van der Waals surface area contributed by atoms with E-state index in [2.05, 4.69) is 39.6 Å². The second kappa shape index (κ2) is 5.61. The average Bonchev–Trinajstić information content (AvgIpc) is 3.19. The first kappa shape index (κ1) is 13.6. The Hall–Kier alpha value is -3.08. The predicted molar refractivity (Wildman–Crippen MR) is 87.3 cm³/mol. The van der Waals surface area contributed by atoms with Gasteiger partial charge in [-0.2, -0.15) is 0 Å². The molecule has 0 saturated heterocycles. The fourth-order valence-electron chi connectivity index (χ4n) is 3.06. The van der Waals surface area contributed by atoms with Crippen molar-refractivity contribution in [1.82, 2.24) is 9.97 Å². The van der Waals surface area contributed by atoms with Crippen LogP contribution >= 0.6 is 0 Å². The summed E-state index contributed by atoms with van der Waals surface area (Å²) in [6.07, 6.45) is 2.69. The number of imidazole rings is 1. The van der Waals surface area contributed by atoms with E-state index < -0.39 is 6.09 Å². The lowest BCUT2D eigenvalue weighted by atomic mass is 9.98. The van der Waals surface area contributed by atoms with Crippen molar-refractivity contribution >= 4 is 12.0 Å². The Balaban J connectivity index is 1.54. The molecule has 5 nitrogen and oxygen atoms in total. The predicted octanol–water partition coefficient (Wildman–Crippen LogP) is 3.77. The maximum atomic E-state index is 11.9. The van der Waals surface area contributed by atoms with Crippen LogP contribution in [0.15, 0.2) is 60.9 Å². The second-order valence-corrected chi connectivity index (χ2v) is 5.39. The molecule has 2 N–H and O–H groups in total. The summed E-state index contributed by atoms with van der Waals surface area (Å²) in [5, 5.41) is 2.57. The quantitative estimate of drug-likeness (QED) is 0.774. The van der Waals surface area contributed by atoms with Crippen LogP contribution in [0.5, 0.6) is 0 Å². The highest BCUT2D eigenvalue weighted by molar-refractivity contribution is 5.83. The van der Waals surface area contributed by atoms with Crippen molar-refractivity contribution in [2.75, 3.05) is 11.9 Å². The van der Waals surface area contributed by atoms with Gasteiger partial charge in [-0.05, 0) is 22.3 Å². The smallest absolute Gasteiger partial charge is 0.414 e. The van der Waals surface area contributed by atoms with Gasteiger partial charge in [-0.3, -0.25) is 5.32 Å². The molecular weight excluding hydrogens is 290 g/mol. The lowest BCUT2D eigenvalue weighted by Crippen LogP contribution is -2.18. The summed E-state index contributed by atoms with van der Waals surface area (Å²) >= 11 is 0. The normalized spacial score (nSPS) is 12.5. The highest BCUT2D eigenvalue weighted by atomic mass is 16.5. The number of hydrogen-bond acceptors (Lipinski definition) is 3. The zero-order valence-corrected chi connectivity index (χ0v) is 12.3. The maximum absolute atomic E-state index is 11.9. The van der Waals surface area contributed by atoms with Gasteiger partial charge in [-0.25, -0.2) is 9.78 Å². The second-order valence-electron chi connectivity index (χ2n) is 5.39. The maximum Gasteiger partial charge on any atom is 0.414 e. The Kier molecular flexibility index (Phi) is 3.31. The monoisotopic (exact) mass is 305 g/mol.